The molecule has 2 rings (SSSR count). The van der Waals surface area contributed by atoms with Crippen molar-refractivity contribution >= 4 is 11.4 Å². The third-order valence-corrected chi connectivity index (χ3v) is 2.96. The van der Waals surface area contributed by atoms with Gasteiger partial charge in [-0.2, -0.15) is 0 Å². The van der Waals surface area contributed by atoms with Crippen LogP contribution in [0.25, 0.3) is 0 Å². The first-order valence-electron chi connectivity index (χ1n) is 5.94. The van der Waals surface area contributed by atoms with E-state index >= 15 is 0 Å². The minimum Gasteiger partial charge on any atom is -0.304 e. The summed E-state index contributed by atoms with van der Waals surface area (Å²) >= 11 is 0. The van der Waals surface area contributed by atoms with Gasteiger partial charge in [0.25, 0.3) is 0 Å². The Bertz CT molecular complexity index is 504. The van der Waals surface area contributed by atoms with Gasteiger partial charge in [0.05, 0.1) is 11.6 Å². The third kappa shape index (κ3) is 2.54. The molecule has 0 radical (unpaired) electrons. The van der Waals surface area contributed by atoms with Crippen LogP contribution in [0.5, 0.6) is 0 Å². The first-order valence-corrected chi connectivity index (χ1v) is 5.94. The fraction of sp³-hybridized carbons (Fsp3) is 0.125. The summed E-state index contributed by atoms with van der Waals surface area (Å²) < 4.78 is 0. The van der Waals surface area contributed by atoms with Gasteiger partial charge in [0.15, 0.2) is 0 Å². The van der Waals surface area contributed by atoms with Gasteiger partial charge in [-0.05, 0) is 18.1 Å². The molecule has 2 heteroatoms. The third-order valence-electron chi connectivity index (χ3n) is 2.96. The second kappa shape index (κ2) is 5.41. The second-order valence-corrected chi connectivity index (χ2v) is 4.29. The lowest BCUT2D eigenvalue weighted by atomic mass is 9.85. The summed E-state index contributed by atoms with van der Waals surface area (Å²) in [5.74, 6) is -0.148. The molecular weight excluding hydrogens is 220 g/mol. The van der Waals surface area contributed by atoms with E-state index in [1.165, 1.54) is 0 Å². The Kier molecular flexibility index (Phi) is 3.68. The van der Waals surface area contributed by atoms with E-state index in [4.69, 9.17) is 10.8 Å². The summed E-state index contributed by atoms with van der Waals surface area (Å²) in [6.45, 7) is 1.67. The number of rotatable bonds is 4. The molecule has 0 saturated heterocycles. The molecule has 18 heavy (non-hydrogen) atoms. The highest BCUT2D eigenvalue weighted by Gasteiger charge is 2.20. The van der Waals surface area contributed by atoms with Crippen LogP contribution >= 0.6 is 0 Å². The molecule has 0 amide bonds. The Morgan fingerprint density at radius 2 is 1.17 bits per heavy atom. The van der Waals surface area contributed by atoms with Gasteiger partial charge in [0, 0.05) is 5.71 Å². The van der Waals surface area contributed by atoms with Crippen molar-refractivity contribution in [3.05, 3.63) is 71.8 Å². The average Bonchev–Trinajstić information content (AvgIpc) is 2.41. The second-order valence-electron chi connectivity index (χ2n) is 4.29. The Morgan fingerprint density at radius 1 is 0.778 bits per heavy atom. The zero-order chi connectivity index (χ0) is 13.0. The Balaban J connectivity index is 2.48. The number of nitrogens with one attached hydrogen (secondary N) is 2. The summed E-state index contributed by atoms with van der Waals surface area (Å²) in [5, 5.41) is 15.9. The minimum absolute atomic E-state index is 0.148. The summed E-state index contributed by atoms with van der Waals surface area (Å²) in [4.78, 5) is 0. The molecule has 2 aromatic carbocycles. The Morgan fingerprint density at radius 3 is 1.50 bits per heavy atom. The van der Waals surface area contributed by atoms with Crippen molar-refractivity contribution < 1.29 is 0 Å². The van der Waals surface area contributed by atoms with E-state index in [9.17, 15) is 0 Å². The molecule has 0 fully saturated rings. The maximum atomic E-state index is 8.15. The minimum atomic E-state index is -0.148. The summed E-state index contributed by atoms with van der Waals surface area (Å²) in [6.07, 6.45) is 0. The molecule has 0 aliphatic heterocycles. The van der Waals surface area contributed by atoms with E-state index in [1.807, 2.05) is 60.7 Å². The first-order chi connectivity index (χ1) is 8.70. The number of hydrogen-bond acceptors (Lipinski definition) is 2. The van der Waals surface area contributed by atoms with Crippen LogP contribution < -0.4 is 0 Å². The molecule has 0 aliphatic carbocycles. The summed E-state index contributed by atoms with van der Waals surface area (Å²) in [7, 11) is 0. The first kappa shape index (κ1) is 12.2. The van der Waals surface area contributed by atoms with Crippen LogP contribution in [-0.2, 0) is 0 Å². The van der Waals surface area contributed by atoms with Crippen molar-refractivity contribution in [3.63, 3.8) is 0 Å². The van der Waals surface area contributed by atoms with Crippen molar-refractivity contribution in [2.24, 2.45) is 0 Å². The van der Waals surface area contributed by atoms with Gasteiger partial charge >= 0.3 is 0 Å². The quantitative estimate of drug-likeness (QED) is 0.757. The molecule has 0 saturated carbocycles. The average molecular weight is 236 g/mol. The lowest BCUT2D eigenvalue weighted by molar-refractivity contribution is 1.07. The van der Waals surface area contributed by atoms with Gasteiger partial charge in [-0.15, -0.1) is 0 Å². The molecule has 0 heterocycles. The van der Waals surface area contributed by atoms with Crippen LogP contribution in [0.1, 0.15) is 24.0 Å². The molecular formula is C16H16N2. The number of hydrogen-bond donors (Lipinski definition) is 2. The Labute approximate surface area is 107 Å². The SMILES string of the molecule is CC(=N)C(=N)C(c1ccccc1)c1ccccc1. The molecule has 0 atom stereocenters. The molecule has 90 valence electrons. The predicted octanol–water partition coefficient (Wildman–Crippen LogP) is 3.88. The van der Waals surface area contributed by atoms with Gasteiger partial charge in [-0.25, -0.2) is 0 Å². The molecule has 0 aromatic heterocycles. The van der Waals surface area contributed by atoms with Crippen molar-refractivity contribution in [2.75, 3.05) is 0 Å². The van der Waals surface area contributed by atoms with E-state index in [1.54, 1.807) is 6.92 Å². The summed E-state index contributed by atoms with van der Waals surface area (Å²) in [5.41, 5.74) is 2.78. The van der Waals surface area contributed by atoms with Gasteiger partial charge in [-0.1, -0.05) is 60.7 Å². The zero-order valence-corrected chi connectivity index (χ0v) is 10.4. The molecule has 2 nitrogen and oxygen atoms in total. The standard InChI is InChI=1S/C16H16N2/c1-12(17)16(18)15(13-8-4-2-5-9-13)14-10-6-3-7-11-14/h2-11,15,17-18H,1H3. The van der Waals surface area contributed by atoms with Crippen molar-refractivity contribution in [3.8, 4) is 0 Å². The lowest BCUT2D eigenvalue weighted by Crippen LogP contribution is -2.19. The molecule has 2 N–H and O–H groups in total. The van der Waals surface area contributed by atoms with Crippen molar-refractivity contribution in [1.82, 2.24) is 0 Å². The Hall–Kier alpha value is -2.22. The molecule has 0 spiro atoms. The monoisotopic (exact) mass is 236 g/mol. The van der Waals surface area contributed by atoms with Crippen molar-refractivity contribution in [1.29, 1.82) is 10.8 Å². The molecule has 0 unspecified atom stereocenters. The van der Waals surface area contributed by atoms with E-state index in [0.717, 1.165) is 11.1 Å². The topological polar surface area (TPSA) is 47.7 Å². The highest BCUT2D eigenvalue weighted by Crippen LogP contribution is 2.25. The highest BCUT2D eigenvalue weighted by atomic mass is 14.5. The molecule has 0 aliphatic rings. The van der Waals surface area contributed by atoms with Gasteiger partial charge in [0.2, 0.25) is 0 Å². The van der Waals surface area contributed by atoms with Crippen LogP contribution in [0.4, 0.5) is 0 Å². The van der Waals surface area contributed by atoms with Gasteiger partial charge < -0.3 is 10.8 Å². The van der Waals surface area contributed by atoms with E-state index in [2.05, 4.69) is 0 Å². The van der Waals surface area contributed by atoms with E-state index in [0.29, 0.717) is 11.4 Å². The molecule has 0 bridgehead atoms. The molecule has 2 aromatic rings. The van der Waals surface area contributed by atoms with Crippen LogP contribution in [0.3, 0.4) is 0 Å². The largest absolute Gasteiger partial charge is 0.304 e. The van der Waals surface area contributed by atoms with Crippen LogP contribution in [0.15, 0.2) is 60.7 Å². The van der Waals surface area contributed by atoms with Gasteiger partial charge in [0.1, 0.15) is 0 Å². The van der Waals surface area contributed by atoms with Crippen molar-refractivity contribution in [2.45, 2.75) is 12.8 Å². The highest BCUT2D eigenvalue weighted by molar-refractivity contribution is 6.41. The zero-order valence-electron chi connectivity index (χ0n) is 10.4. The fourth-order valence-corrected chi connectivity index (χ4v) is 2.03. The maximum absolute atomic E-state index is 8.15. The predicted molar refractivity (Wildman–Crippen MR) is 75.9 cm³/mol. The smallest absolute Gasteiger partial charge is 0.0637 e. The van der Waals surface area contributed by atoms with Crippen LogP contribution in [0, 0.1) is 10.8 Å². The fourth-order valence-electron chi connectivity index (χ4n) is 2.03. The maximum Gasteiger partial charge on any atom is 0.0637 e. The van der Waals surface area contributed by atoms with Gasteiger partial charge in [-0.3, -0.25) is 0 Å². The summed E-state index contributed by atoms with van der Waals surface area (Å²) in [6, 6.07) is 19.8. The van der Waals surface area contributed by atoms with E-state index in [-0.39, 0.29) is 5.92 Å². The lowest BCUT2D eigenvalue weighted by Gasteiger charge is -2.18. The van der Waals surface area contributed by atoms with Crippen LogP contribution in [-0.4, -0.2) is 11.4 Å². The normalized spacial score (nSPS) is 10.3. The number of benzene rings is 2. The van der Waals surface area contributed by atoms with E-state index < -0.39 is 0 Å². The van der Waals surface area contributed by atoms with Crippen LogP contribution in [0.2, 0.25) is 0 Å².